The number of hydrogen-bond donors (Lipinski definition) is 1. The van der Waals surface area contributed by atoms with E-state index < -0.39 is 0 Å². The molecule has 1 amide bonds. The molecule has 2 aromatic carbocycles. The number of amides is 1. The van der Waals surface area contributed by atoms with Gasteiger partial charge in [-0.1, -0.05) is 29.5 Å². The van der Waals surface area contributed by atoms with Crippen molar-refractivity contribution in [3.05, 3.63) is 65.4 Å². The first kappa shape index (κ1) is 17.2. The van der Waals surface area contributed by atoms with E-state index in [1.165, 1.54) is 11.3 Å². The largest absolute Gasteiger partial charge is 0.497 e. The summed E-state index contributed by atoms with van der Waals surface area (Å²) in [5.74, 6) is 1.20. The van der Waals surface area contributed by atoms with E-state index in [1.54, 1.807) is 11.8 Å². The van der Waals surface area contributed by atoms with E-state index in [1.807, 2.05) is 62.4 Å². The van der Waals surface area contributed by atoms with Crippen LogP contribution in [0.5, 0.6) is 5.75 Å². The molecule has 0 aliphatic heterocycles. The van der Waals surface area contributed by atoms with Crippen LogP contribution in [0.2, 0.25) is 0 Å². The average Bonchev–Trinajstić information content (AvgIpc) is 3.24. The number of aromatic nitrogens is 3. The Labute approximate surface area is 160 Å². The minimum atomic E-state index is -0.169. The van der Waals surface area contributed by atoms with Gasteiger partial charge in [0.05, 0.1) is 23.0 Å². The third-order valence-electron chi connectivity index (χ3n) is 4.23. The number of carbonyl (C=O) groups excluding carboxylic acids is 1. The predicted molar refractivity (Wildman–Crippen MR) is 107 cm³/mol. The van der Waals surface area contributed by atoms with Gasteiger partial charge in [-0.3, -0.25) is 4.79 Å². The van der Waals surface area contributed by atoms with Gasteiger partial charge in [-0.25, -0.2) is 4.98 Å². The second-order valence-electron chi connectivity index (χ2n) is 6.18. The number of fused-ring (bicyclic) bond motifs is 1. The molecule has 0 saturated heterocycles. The van der Waals surface area contributed by atoms with Gasteiger partial charge < -0.3 is 10.1 Å². The number of benzene rings is 2. The standard InChI is InChI=1S/C20H18N4O2S/c1-12-6-4-5-7-15(12)19(25)22-18-10-13(2)23-24(18)20-21-16-9-8-14(26-3)11-17(16)27-20/h4-11H,1-3H3,(H,22,25). The van der Waals surface area contributed by atoms with Crippen molar-refractivity contribution < 1.29 is 9.53 Å². The molecule has 0 aliphatic carbocycles. The van der Waals surface area contributed by atoms with Gasteiger partial charge in [0, 0.05) is 11.6 Å². The Morgan fingerprint density at radius 3 is 2.74 bits per heavy atom. The zero-order valence-corrected chi connectivity index (χ0v) is 16.0. The molecule has 136 valence electrons. The summed E-state index contributed by atoms with van der Waals surface area (Å²) in [6, 6.07) is 15.1. The highest BCUT2D eigenvalue weighted by molar-refractivity contribution is 7.20. The zero-order chi connectivity index (χ0) is 19.0. The van der Waals surface area contributed by atoms with Crippen LogP contribution in [0.3, 0.4) is 0 Å². The predicted octanol–water partition coefficient (Wildman–Crippen LogP) is 4.36. The number of rotatable bonds is 4. The fourth-order valence-corrected chi connectivity index (χ4v) is 3.82. The highest BCUT2D eigenvalue weighted by Gasteiger charge is 2.16. The molecule has 7 heteroatoms. The van der Waals surface area contributed by atoms with Crippen LogP contribution in [-0.2, 0) is 0 Å². The van der Waals surface area contributed by atoms with Crippen molar-refractivity contribution in [3.8, 4) is 10.9 Å². The van der Waals surface area contributed by atoms with Crippen molar-refractivity contribution in [3.63, 3.8) is 0 Å². The first-order chi connectivity index (χ1) is 13.0. The summed E-state index contributed by atoms with van der Waals surface area (Å²) in [4.78, 5) is 17.3. The summed E-state index contributed by atoms with van der Waals surface area (Å²) in [5.41, 5.74) is 3.22. The van der Waals surface area contributed by atoms with E-state index in [0.717, 1.165) is 27.2 Å². The molecule has 2 aromatic heterocycles. The minimum absolute atomic E-state index is 0.169. The lowest BCUT2D eigenvalue weighted by molar-refractivity contribution is 0.102. The van der Waals surface area contributed by atoms with E-state index in [2.05, 4.69) is 15.4 Å². The second kappa shape index (κ2) is 6.85. The van der Waals surface area contributed by atoms with E-state index in [0.29, 0.717) is 16.5 Å². The lowest BCUT2D eigenvalue weighted by atomic mass is 10.1. The van der Waals surface area contributed by atoms with Crippen LogP contribution in [0.4, 0.5) is 5.82 Å². The molecule has 2 heterocycles. The molecular weight excluding hydrogens is 360 g/mol. The van der Waals surface area contributed by atoms with Gasteiger partial charge in [0.25, 0.3) is 5.91 Å². The first-order valence-electron chi connectivity index (χ1n) is 8.44. The van der Waals surface area contributed by atoms with Crippen molar-refractivity contribution >= 4 is 33.3 Å². The molecule has 0 spiro atoms. The van der Waals surface area contributed by atoms with Gasteiger partial charge in [-0.2, -0.15) is 9.78 Å². The molecule has 4 aromatic rings. The summed E-state index contributed by atoms with van der Waals surface area (Å²) in [6.07, 6.45) is 0. The Balaban J connectivity index is 1.71. The fraction of sp³-hybridized carbons (Fsp3) is 0.150. The Hall–Kier alpha value is -3.19. The van der Waals surface area contributed by atoms with Crippen molar-refractivity contribution in [1.82, 2.24) is 14.8 Å². The summed E-state index contributed by atoms with van der Waals surface area (Å²) >= 11 is 1.49. The lowest BCUT2D eigenvalue weighted by Gasteiger charge is -2.08. The zero-order valence-electron chi connectivity index (χ0n) is 15.2. The Bertz CT molecular complexity index is 1150. The van der Waals surface area contributed by atoms with Crippen molar-refractivity contribution in [2.45, 2.75) is 13.8 Å². The van der Waals surface area contributed by atoms with Crippen LogP contribution < -0.4 is 10.1 Å². The van der Waals surface area contributed by atoms with Crippen molar-refractivity contribution in [2.75, 3.05) is 12.4 Å². The minimum Gasteiger partial charge on any atom is -0.497 e. The molecule has 4 rings (SSSR count). The van der Waals surface area contributed by atoms with Gasteiger partial charge >= 0.3 is 0 Å². The van der Waals surface area contributed by atoms with Crippen LogP contribution in [0.1, 0.15) is 21.6 Å². The first-order valence-corrected chi connectivity index (χ1v) is 9.25. The van der Waals surface area contributed by atoms with Gasteiger partial charge in [0.2, 0.25) is 5.13 Å². The second-order valence-corrected chi connectivity index (χ2v) is 7.19. The number of nitrogens with zero attached hydrogens (tertiary/aromatic N) is 3. The van der Waals surface area contributed by atoms with Crippen LogP contribution in [0, 0.1) is 13.8 Å². The molecule has 0 radical (unpaired) electrons. The van der Waals surface area contributed by atoms with Crippen LogP contribution in [0.25, 0.3) is 15.3 Å². The number of anilines is 1. The molecular formula is C20H18N4O2S. The van der Waals surface area contributed by atoms with E-state index in [-0.39, 0.29) is 5.91 Å². The fourth-order valence-electron chi connectivity index (χ4n) is 2.86. The highest BCUT2D eigenvalue weighted by Crippen LogP contribution is 2.30. The molecule has 0 saturated carbocycles. The monoisotopic (exact) mass is 378 g/mol. The van der Waals surface area contributed by atoms with Gasteiger partial charge in [0.15, 0.2) is 0 Å². The van der Waals surface area contributed by atoms with Crippen molar-refractivity contribution in [1.29, 1.82) is 0 Å². The van der Waals surface area contributed by atoms with E-state index >= 15 is 0 Å². The van der Waals surface area contributed by atoms with Crippen LogP contribution >= 0.6 is 11.3 Å². The summed E-state index contributed by atoms with van der Waals surface area (Å²) < 4.78 is 7.94. The van der Waals surface area contributed by atoms with E-state index in [9.17, 15) is 4.79 Å². The Morgan fingerprint density at radius 2 is 1.96 bits per heavy atom. The number of aryl methyl sites for hydroxylation is 2. The number of nitrogens with one attached hydrogen (secondary N) is 1. The van der Waals surface area contributed by atoms with Crippen LogP contribution in [-0.4, -0.2) is 27.8 Å². The summed E-state index contributed by atoms with van der Waals surface area (Å²) in [6.45, 7) is 3.80. The topological polar surface area (TPSA) is 69.0 Å². The number of hydrogen-bond acceptors (Lipinski definition) is 5. The maximum Gasteiger partial charge on any atom is 0.257 e. The van der Waals surface area contributed by atoms with Gasteiger partial charge in [-0.15, -0.1) is 0 Å². The molecule has 0 aliphatic rings. The highest BCUT2D eigenvalue weighted by atomic mass is 32.1. The average molecular weight is 378 g/mol. The molecule has 27 heavy (non-hydrogen) atoms. The molecule has 0 atom stereocenters. The molecule has 0 unspecified atom stereocenters. The molecule has 1 N–H and O–H groups in total. The molecule has 0 fully saturated rings. The SMILES string of the molecule is COc1ccc2nc(-n3nc(C)cc3NC(=O)c3ccccc3C)sc2c1. The molecule has 6 nitrogen and oxygen atoms in total. The Morgan fingerprint density at radius 1 is 1.15 bits per heavy atom. The number of methoxy groups -OCH3 is 1. The number of thiazole rings is 1. The third-order valence-corrected chi connectivity index (χ3v) is 5.22. The number of carbonyl (C=O) groups is 1. The number of ether oxygens (including phenoxy) is 1. The van der Waals surface area contributed by atoms with E-state index in [4.69, 9.17) is 4.74 Å². The quantitative estimate of drug-likeness (QED) is 0.573. The summed E-state index contributed by atoms with van der Waals surface area (Å²) in [5, 5.41) is 8.15. The van der Waals surface area contributed by atoms with Crippen molar-refractivity contribution in [2.24, 2.45) is 0 Å². The Kier molecular flexibility index (Phi) is 4.37. The normalized spacial score (nSPS) is 10.9. The van der Waals surface area contributed by atoms with Gasteiger partial charge in [0.1, 0.15) is 11.6 Å². The maximum absolute atomic E-state index is 12.7. The van der Waals surface area contributed by atoms with Gasteiger partial charge in [-0.05, 0) is 43.7 Å². The smallest absolute Gasteiger partial charge is 0.257 e. The lowest BCUT2D eigenvalue weighted by Crippen LogP contribution is -2.16. The maximum atomic E-state index is 12.7. The third kappa shape index (κ3) is 3.29. The van der Waals surface area contributed by atoms with Crippen LogP contribution in [0.15, 0.2) is 48.5 Å². The summed E-state index contributed by atoms with van der Waals surface area (Å²) in [7, 11) is 1.64. The molecule has 0 bridgehead atoms.